The first-order valence-electron chi connectivity index (χ1n) is 5.28. The molecule has 0 bridgehead atoms. The lowest BCUT2D eigenvalue weighted by Crippen LogP contribution is -2.16. The van der Waals surface area contributed by atoms with E-state index in [-0.39, 0.29) is 0 Å². The van der Waals surface area contributed by atoms with Gasteiger partial charge in [-0.15, -0.1) is 6.58 Å². The minimum atomic E-state index is 0.800. The Kier molecular flexibility index (Phi) is 3.00. The third-order valence-corrected chi connectivity index (χ3v) is 2.85. The van der Waals surface area contributed by atoms with Crippen LogP contribution in [0, 0.1) is 5.92 Å². The number of benzene rings is 1. The summed E-state index contributed by atoms with van der Waals surface area (Å²) < 4.78 is 0. The molecule has 1 fully saturated rings. The summed E-state index contributed by atoms with van der Waals surface area (Å²) >= 11 is 0. The predicted octanol–water partition coefficient (Wildman–Crippen LogP) is 2.57. The van der Waals surface area contributed by atoms with Crippen LogP contribution in [0.15, 0.2) is 43.0 Å². The van der Waals surface area contributed by atoms with Gasteiger partial charge < -0.3 is 5.32 Å². The minimum Gasteiger partial charge on any atom is -0.313 e. The molecule has 1 heteroatoms. The zero-order valence-electron chi connectivity index (χ0n) is 8.45. The molecule has 1 aromatic carbocycles. The normalized spacial score (nSPS) is 24.6. The lowest BCUT2D eigenvalue weighted by molar-refractivity contribution is 0.668. The molecule has 0 saturated heterocycles. The van der Waals surface area contributed by atoms with Crippen LogP contribution in [0.1, 0.15) is 17.9 Å². The highest BCUT2D eigenvalue weighted by atomic mass is 14.9. The van der Waals surface area contributed by atoms with Gasteiger partial charge in [0.2, 0.25) is 0 Å². The largest absolute Gasteiger partial charge is 0.313 e. The van der Waals surface area contributed by atoms with E-state index < -0.39 is 0 Å². The molecule has 1 saturated carbocycles. The summed E-state index contributed by atoms with van der Waals surface area (Å²) in [6, 6.07) is 10.8. The van der Waals surface area contributed by atoms with E-state index in [1.807, 2.05) is 6.08 Å². The fraction of sp³-hybridized carbons (Fsp3) is 0.385. The first kappa shape index (κ1) is 9.47. The Morgan fingerprint density at radius 2 is 2.14 bits per heavy atom. The van der Waals surface area contributed by atoms with Gasteiger partial charge in [-0.3, -0.25) is 0 Å². The van der Waals surface area contributed by atoms with E-state index in [1.165, 1.54) is 12.0 Å². The second-order valence-electron chi connectivity index (χ2n) is 3.96. The Hall–Kier alpha value is -1.08. The third-order valence-electron chi connectivity index (χ3n) is 2.85. The van der Waals surface area contributed by atoms with Crippen LogP contribution in [0.2, 0.25) is 0 Å². The number of nitrogens with one attached hydrogen (secondary N) is 1. The highest BCUT2D eigenvalue weighted by Gasteiger charge is 2.37. The van der Waals surface area contributed by atoms with Crippen LogP contribution < -0.4 is 5.32 Å². The maximum absolute atomic E-state index is 3.69. The third kappa shape index (κ3) is 2.24. The van der Waals surface area contributed by atoms with Crippen molar-refractivity contribution in [3.8, 4) is 0 Å². The molecular weight excluding hydrogens is 170 g/mol. The molecule has 74 valence electrons. The number of hydrogen-bond acceptors (Lipinski definition) is 1. The highest BCUT2D eigenvalue weighted by Crippen LogP contribution is 2.46. The zero-order chi connectivity index (χ0) is 9.80. The summed E-state index contributed by atoms with van der Waals surface area (Å²) in [4.78, 5) is 0. The number of rotatable bonds is 5. The van der Waals surface area contributed by atoms with Crippen LogP contribution in [0.5, 0.6) is 0 Å². The summed E-state index contributed by atoms with van der Waals surface area (Å²) in [6.07, 6.45) is 3.26. The zero-order valence-corrected chi connectivity index (χ0v) is 8.45. The summed E-state index contributed by atoms with van der Waals surface area (Å²) in [5, 5.41) is 3.38. The first-order valence-corrected chi connectivity index (χ1v) is 5.28. The van der Waals surface area contributed by atoms with Crippen molar-refractivity contribution in [1.82, 2.24) is 5.32 Å². The van der Waals surface area contributed by atoms with Crippen LogP contribution >= 0.6 is 0 Å². The van der Waals surface area contributed by atoms with Gasteiger partial charge in [0.25, 0.3) is 0 Å². The maximum atomic E-state index is 3.69. The first-order chi connectivity index (χ1) is 6.92. The van der Waals surface area contributed by atoms with Gasteiger partial charge in [0.1, 0.15) is 0 Å². The van der Waals surface area contributed by atoms with Crippen LogP contribution in [0.4, 0.5) is 0 Å². The smallest absolute Gasteiger partial charge is 0.0132 e. The molecule has 1 nitrogen and oxygen atoms in total. The molecular formula is C13H17N. The van der Waals surface area contributed by atoms with Gasteiger partial charge in [-0.05, 0) is 30.4 Å². The van der Waals surface area contributed by atoms with E-state index in [9.17, 15) is 0 Å². The summed E-state index contributed by atoms with van der Waals surface area (Å²) in [5.41, 5.74) is 1.50. The van der Waals surface area contributed by atoms with Crippen LogP contribution in [0.3, 0.4) is 0 Å². The van der Waals surface area contributed by atoms with Gasteiger partial charge in [0, 0.05) is 6.54 Å². The van der Waals surface area contributed by atoms with Crippen molar-refractivity contribution >= 4 is 0 Å². The molecule has 1 aromatic rings. The molecule has 0 aliphatic heterocycles. The van der Waals surface area contributed by atoms with Crippen LogP contribution in [-0.4, -0.2) is 13.1 Å². The Labute approximate surface area is 85.8 Å². The molecule has 1 aliphatic rings. The number of hydrogen-bond donors (Lipinski definition) is 1. The molecule has 1 N–H and O–H groups in total. The molecule has 0 spiro atoms. The molecule has 0 heterocycles. The fourth-order valence-corrected chi connectivity index (χ4v) is 1.95. The minimum absolute atomic E-state index is 0.800. The molecule has 0 radical (unpaired) electrons. The van der Waals surface area contributed by atoms with Gasteiger partial charge in [0.15, 0.2) is 0 Å². The molecule has 2 rings (SSSR count). The maximum Gasteiger partial charge on any atom is 0.0132 e. The standard InChI is InChI=1S/C13H17N/c1-2-8-14-10-12-9-13(12)11-6-4-3-5-7-11/h2-7,12-14H,1,8-10H2. The molecule has 2 atom stereocenters. The van der Waals surface area contributed by atoms with Crippen molar-refractivity contribution in [2.45, 2.75) is 12.3 Å². The van der Waals surface area contributed by atoms with Crippen molar-refractivity contribution in [3.05, 3.63) is 48.6 Å². The Morgan fingerprint density at radius 1 is 1.36 bits per heavy atom. The van der Waals surface area contributed by atoms with Crippen LogP contribution in [0.25, 0.3) is 0 Å². The van der Waals surface area contributed by atoms with Gasteiger partial charge in [-0.25, -0.2) is 0 Å². The Morgan fingerprint density at radius 3 is 2.86 bits per heavy atom. The Bertz CT molecular complexity index is 291. The molecule has 0 amide bonds. The topological polar surface area (TPSA) is 12.0 Å². The van der Waals surface area contributed by atoms with Gasteiger partial charge in [-0.1, -0.05) is 36.4 Å². The molecule has 2 unspecified atom stereocenters. The van der Waals surface area contributed by atoms with Crippen molar-refractivity contribution in [2.75, 3.05) is 13.1 Å². The van der Waals surface area contributed by atoms with Gasteiger partial charge in [0.05, 0.1) is 0 Å². The van der Waals surface area contributed by atoms with Crippen molar-refractivity contribution in [3.63, 3.8) is 0 Å². The van der Waals surface area contributed by atoms with Crippen molar-refractivity contribution < 1.29 is 0 Å². The lowest BCUT2D eigenvalue weighted by atomic mass is 10.1. The van der Waals surface area contributed by atoms with E-state index in [1.54, 1.807) is 0 Å². The van der Waals surface area contributed by atoms with E-state index in [0.717, 1.165) is 24.9 Å². The summed E-state index contributed by atoms with van der Waals surface area (Å²) in [6.45, 7) is 5.75. The SMILES string of the molecule is C=CCNCC1CC1c1ccccc1. The Balaban J connectivity index is 1.79. The fourth-order valence-electron chi connectivity index (χ4n) is 1.95. The molecule has 0 aromatic heterocycles. The quantitative estimate of drug-likeness (QED) is 0.552. The van der Waals surface area contributed by atoms with Crippen molar-refractivity contribution in [1.29, 1.82) is 0 Å². The lowest BCUT2D eigenvalue weighted by Gasteiger charge is -2.01. The van der Waals surface area contributed by atoms with E-state index in [2.05, 4.69) is 42.2 Å². The molecule has 14 heavy (non-hydrogen) atoms. The van der Waals surface area contributed by atoms with Crippen molar-refractivity contribution in [2.24, 2.45) is 5.92 Å². The highest BCUT2D eigenvalue weighted by molar-refractivity contribution is 5.25. The van der Waals surface area contributed by atoms with Gasteiger partial charge >= 0.3 is 0 Å². The van der Waals surface area contributed by atoms with Crippen LogP contribution in [-0.2, 0) is 0 Å². The van der Waals surface area contributed by atoms with E-state index in [4.69, 9.17) is 0 Å². The average Bonchev–Trinajstić information content (AvgIpc) is 2.99. The second-order valence-corrected chi connectivity index (χ2v) is 3.96. The average molecular weight is 187 g/mol. The second kappa shape index (κ2) is 4.43. The van der Waals surface area contributed by atoms with E-state index in [0.29, 0.717) is 0 Å². The predicted molar refractivity (Wildman–Crippen MR) is 60.4 cm³/mol. The van der Waals surface area contributed by atoms with Gasteiger partial charge in [-0.2, -0.15) is 0 Å². The van der Waals surface area contributed by atoms with E-state index >= 15 is 0 Å². The monoisotopic (exact) mass is 187 g/mol. The summed E-state index contributed by atoms with van der Waals surface area (Å²) in [5.74, 6) is 1.64. The molecule has 1 aliphatic carbocycles. The summed E-state index contributed by atoms with van der Waals surface area (Å²) in [7, 11) is 0.